The number of rotatable bonds is 7. The highest BCUT2D eigenvalue weighted by Gasteiger charge is 2.68. The standard InChI is InChI=1S/C37H27ClN2O8/c1-47-35(43)30-31(23-13-17-26(18-14-23)40(45)46)37(33(41)27-10-6-7-11-28(27)34(37)42)29(21-12-22-8-4-3-5-9-22)39(32(30)36(44)48-2)25-19-15-24(38)16-20-25/h3-21,29,31H,1-2H3/b21-12+. The third-order valence-electron chi connectivity index (χ3n) is 8.75. The second-order valence-corrected chi connectivity index (χ2v) is 11.6. The first-order valence-corrected chi connectivity index (χ1v) is 15.1. The van der Waals surface area contributed by atoms with Crippen LogP contribution >= 0.6 is 11.6 Å². The molecular formula is C37H27ClN2O8. The first kappa shape index (κ1) is 32.1. The van der Waals surface area contributed by atoms with E-state index in [-0.39, 0.29) is 33.6 Å². The minimum atomic E-state index is -2.12. The van der Waals surface area contributed by atoms with Crippen LogP contribution in [0.5, 0.6) is 0 Å². The average molecular weight is 663 g/mol. The summed E-state index contributed by atoms with van der Waals surface area (Å²) in [5.41, 5.74) is -1.46. The molecule has 0 radical (unpaired) electrons. The number of benzene rings is 4. The molecule has 1 aliphatic heterocycles. The predicted molar refractivity (Wildman–Crippen MR) is 178 cm³/mol. The van der Waals surface area contributed by atoms with Crippen LogP contribution in [-0.2, 0) is 19.1 Å². The van der Waals surface area contributed by atoms with Crippen molar-refractivity contribution in [3.05, 3.63) is 158 Å². The van der Waals surface area contributed by atoms with Crippen LogP contribution < -0.4 is 4.90 Å². The van der Waals surface area contributed by atoms with Crippen molar-refractivity contribution in [1.29, 1.82) is 0 Å². The van der Waals surface area contributed by atoms with Crippen molar-refractivity contribution in [2.45, 2.75) is 12.0 Å². The van der Waals surface area contributed by atoms with Crippen LogP contribution in [0.4, 0.5) is 11.4 Å². The van der Waals surface area contributed by atoms with Crippen molar-refractivity contribution < 1.29 is 33.6 Å². The summed E-state index contributed by atoms with van der Waals surface area (Å²) in [7, 11) is 2.26. The molecule has 0 saturated heterocycles. The first-order chi connectivity index (χ1) is 23.1. The Morgan fingerprint density at radius 2 is 1.38 bits per heavy atom. The molecule has 0 N–H and O–H groups in total. The molecule has 4 aromatic rings. The lowest BCUT2D eigenvalue weighted by Gasteiger charge is -2.50. The average Bonchev–Trinajstić information content (AvgIpc) is 3.33. The number of fused-ring (bicyclic) bond motifs is 1. The molecular weight excluding hydrogens is 636 g/mol. The van der Waals surface area contributed by atoms with Gasteiger partial charge in [0.05, 0.1) is 30.8 Å². The first-order valence-electron chi connectivity index (χ1n) is 14.8. The molecule has 1 spiro atoms. The van der Waals surface area contributed by atoms with Gasteiger partial charge in [0.1, 0.15) is 11.1 Å². The maximum absolute atomic E-state index is 15.1. The smallest absolute Gasteiger partial charge is 0.355 e. The molecule has 11 heteroatoms. The Morgan fingerprint density at radius 3 is 1.92 bits per heavy atom. The van der Waals surface area contributed by atoms with Gasteiger partial charge in [0.25, 0.3) is 5.69 Å². The number of halogens is 1. The Hall–Kier alpha value is -5.87. The van der Waals surface area contributed by atoms with E-state index in [0.717, 1.165) is 19.8 Å². The number of hydrogen-bond donors (Lipinski definition) is 0. The Morgan fingerprint density at radius 1 is 0.812 bits per heavy atom. The molecule has 10 nitrogen and oxygen atoms in total. The normalized spacial score (nSPS) is 18.3. The number of nitro benzene ring substituents is 1. The molecule has 0 bridgehead atoms. The molecule has 4 aromatic carbocycles. The van der Waals surface area contributed by atoms with E-state index in [0.29, 0.717) is 10.7 Å². The van der Waals surface area contributed by atoms with E-state index in [1.807, 2.05) is 30.3 Å². The molecule has 0 amide bonds. The number of esters is 2. The lowest BCUT2D eigenvalue weighted by molar-refractivity contribution is -0.384. The number of non-ortho nitro benzene ring substituents is 1. The maximum atomic E-state index is 15.1. The van der Waals surface area contributed by atoms with E-state index in [9.17, 15) is 19.7 Å². The van der Waals surface area contributed by atoms with Crippen molar-refractivity contribution in [3.63, 3.8) is 0 Å². The van der Waals surface area contributed by atoms with Gasteiger partial charge >= 0.3 is 11.9 Å². The topological polar surface area (TPSA) is 133 Å². The third-order valence-corrected chi connectivity index (χ3v) is 9.00. The zero-order valence-corrected chi connectivity index (χ0v) is 26.4. The van der Waals surface area contributed by atoms with E-state index in [2.05, 4.69) is 0 Å². The molecule has 2 atom stereocenters. The molecule has 0 aromatic heterocycles. The second-order valence-electron chi connectivity index (χ2n) is 11.2. The van der Waals surface area contributed by atoms with Gasteiger partial charge in [-0.3, -0.25) is 19.7 Å². The van der Waals surface area contributed by atoms with Crippen LogP contribution in [0.1, 0.15) is 37.8 Å². The number of carbonyl (C=O) groups is 4. The summed E-state index contributed by atoms with van der Waals surface area (Å²) in [4.78, 5) is 70.6. The maximum Gasteiger partial charge on any atom is 0.355 e. The molecule has 0 fully saturated rings. The van der Waals surface area contributed by atoms with Gasteiger partial charge in [0, 0.05) is 39.9 Å². The number of Topliss-reactive ketones (excluding diaryl/α,β-unsaturated/α-hetero) is 2. The summed E-state index contributed by atoms with van der Waals surface area (Å²) in [6.45, 7) is 0. The number of anilines is 1. The fourth-order valence-electron chi connectivity index (χ4n) is 6.71. The zero-order chi connectivity index (χ0) is 34.2. The number of ether oxygens (including phenoxy) is 2. The van der Waals surface area contributed by atoms with Crippen molar-refractivity contribution in [2.75, 3.05) is 19.1 Å². The molecule has 2 aliphatic rings. The van der Waals surface area contributed by atoms with E-state index >= 15 is 9.59 Å². The lowest BCUT2D eigenvalue weighted by atomic mass is 9.58. The van der Waals surface area contributed by atoms with Crippen LogP contribution in [0.15, 0.2) is 120 Å². The molecule has 1 heterocycles. The summed E-state index contributed by atoms with van der Waals surface area (Å²) in [6, 6.07) is 25.8. The van der Waals surface area contributed by atoms with Crippen LogP contribution in [0.2, 0.25) is 5.02 Å². The van der Waals surface area contributed by atoms with Gasteiger partial charge in [0.2, 0.25) is 0 Å². The number of nitrogens with zero attached hydrogens (tertiary/aromatic N) is 2. The molecule has 2 unspecified atom stereocenters. The van der Waals surface area contributed by atoms with Crippen LogP contribution in [0, 0.1) is 15.5 Å². The minimum Gasteiger partial charge on any atom is -0.466 e. The Labute approximate surface area is 280 Å². The number of nitro groups is 1. The van der Waals surface area contributed by atoms with Crippen molar-refractivity contribution in [1.82, 2.24) is 0 Å². The molecule has 48 heavy (non-hydrogen) atoms. The lowest BCUT2D eigenvalue weighted by Crippen LogP contribution is -2.61. The van der Waals surface area contributed by atoms with Gasteiger partial charge in [-0.25, -0.2) is 9.59 Å². The minimum absolute atomic E-state index is 0.134. The summed E-state index contributed by atoms with van der Waals surface area (Å²) in [5.74, 6) is -4.60. The second kappa shape index (κ2) is 12.7. The number of hydrogen-bond acceptors (Lipinski definition) is 9. The number of ketones is 2. The molecule has 0 saturated carbocycles. The van der Waals surface area contributed by atoms with Crippen LogP contribution in [0.25, 0.3) is 6.08 Å². The highest BCUT2D eigenvalue weighted by molar-refractivity contribution is 6.32. The van der Waals surface area contributed by atoms with Gasteiger partial charge in [-0.05, 0) is 35.4 Å². The monoisotopic (exact) mass is 662 g/mol. The van der Waals surface area contributed by atoms with Gasteiger partial charge in [0.15, 0.2) is 11.6 Å². The molecule has 1 aliphatic carbocycles. The van der Waals surface area contributed by atoms with Crippen molar-refractivity contribution in [3.8, 4) is 0 Å². The largest absolute Gasteiger partial charge is 0.466 e. The fourth-order valence-corrected chi connectivity index (χ4v) is 6.84. The highest BCUT2D eigenvalue weighted by Crippen LogP contribution is 2.59. The van der Waals surface area contributed by atoms with E-state index < -0.39 is 45.8 Å². The van der Waals surface area contributed by atoms with Crippen LogP contribution in [0.3, 0.4) is 0 Å². The zero-order valence-electron chi connectivity index (χ0n) is 25.7. The molecule has 240 valence electrons. The summed E-state index contributed by atoms with van der Waals surface area (Å²) < 4.78 is 10.5. The van der Waals surface area contributed by atoms with Gasteiger partial charge in [-0.1, -0.05) is 90.5 Å². The summed E-state index contributed by atoms with van der Waals surface area (Å²) >= 11 is 6.26. The van der Waals surface area contributed by atoms with Gasteiger partial charge < -0.3 is 14.4 Å². The van der Waals surface area contributed by atoms with Crippen molar-refractivity contribution in [2.24, 2.45) is 5.41 Å². The van der Waals surface area contributed by atoms with Crippen molar-refractivity contribution >= 4 is 52.6 Å². The SMILES string of the molecule is COC(=O)C1=C(C(=O)OC)N(c2ccc(Cl)cc2)C(/C=C/c2ccccc2)C2(C(=O)c3ccccc3C2=O)C1c1ccc([N+](=O)[O-])cc1. The van der Waals surface area contributed by atoms with Gasteiger partial charge in [-0.2, -0.15) is 0 Å². The Kier molecular flexibility index (Phi) is 8.51. The third kappa shape index (κ3) is 5.07. The van der Waals surface area contributed by atoms with E-state index in [1.54, 1.807) is 60.7 Å². The van der Waals surface area contributed by atoms with Gasteiger partial charge in [-0.15, -0.1) is 0 Å². The number of carbonyl (C=O) groups excluding carboxylic acids is 4. The summed E-state index contributed by atoms with van der Waals surface area (Å²) in [5, 5.41) is 12.0. The fraction of sp³-hybridized carbons (Fsp3) is 0.135. The number of methoxy groups -OCH3 is 2. The quantitative estimate of drug-likeness (QED) is 0.0929. The highest BCUT2D eigenvalue weighted by atomic mass is 35.5. The predicted octanol–water partition coefficient (Wildman–Crippen LogP) is 6.60. The summed E-state index contributed by atoms with van der Waals surface area (Å²) in [6.07, 6.45) is 3.38. The van der Waals surface area contributed by atoms with E-state index in [4.69, 9.17) is 21.1 Å². The Balaban J connectivity index is 1.80. The Bertz CT molecular complexity index is 1990. The van der Waals surface area contributed by atoms with E-state index in [1.165, 1.54) is 29.2 Å². The van der Waals surface area contributed by atoms with Crippen LogP contribution in [-0.4, -0.2) is 48.7 Å². The molecule has 6 rings (SSSR count).